The fourth-order valence-electron chi connectivity index (χ4n) is 10.0. The summed E-state index contributed by atoms with van der Waals surface area (Å²) in [4.78, 5) is 0. The topological polar surface area (TPSA) is 318 Å². The zero-order chi connectivity index (χ0) is 51.4. The first-order valence-corrected chi connectivity index (χ1v) is 23.3. The molecule has 19 heteroatoms. The third kappa shape index (κ3) is 9.55. The standard InChI is InChI=1S/C54H52O19/c55-22-39-45(62)47(64)49(66)53(72-39)68-34-17-28(15-32(60)18-34)42-43-36(19-33(61)20-37(43)70-51(42)25-5-11-30(58)12-6-25)44-41-27(4-1-24-2-9-29(57)10-3-24)16-35(69-54-50(67)48(65)46(63)40(23-56)73-54)21-38(41)71-52(44)26-7-13-31(59)14-8-26/h1-21,39-40,42,44-67H,22-23H2/b4-1-/t39-,40-,42-,44?,45-,46-,47+,48+,49-,50-,51+,52-,53-,54-/m1/s1. The summed E-state index contributed by atoms with van der Waals surface area (Å²) in [6.07, 6.45) is -14.4. The second-order valence-corrected chi connectivity index (χ2v) is 18.4. The molecule has 0 aliphatic carbocycles. The summed E-state index contributed by atoms with van der Waals surface area (Å²) in [6, 6.07) is 29.4. The van der Waals surface area contributed by atoms with Gasteiger partial charge in [-0.1, -0.05) is 48.6 Å². The van der Waals surface area contributed by atoms with Crippen LogP contribution in [0.5, 0.6) is 51.7 Å². The molecule has 2 fully saturated rings. The molecule has 0 aromatic heterocycles. The summed E-state index contributed by atoms with van der Waals surface area (Å²) < 4.78 is 37.3. The van der Waals surface area contributed by atoms with Crippen LogP contribution in [0.2, 0.25) is 0 Å². The molecule has 0 radical (unpaired) electrons. The number of aliphatic hydroxyl groups excluding tert-OH is 8. The van der Waals surface area contributed by atoms with E-state index in [1.54, 1.807) is 66.7 Å². The molecule has 14 atom stereocenters. The molecule has 6 aromatic carbocycles. The maximum absolute atomic E-state index is 11.7. The minimum Gasteiger partial charge on any atom is -0.508 e. The lowest BCUT2D eigenvalue weighted by atomic mass is 9.75. The number of hydrogen-bond acceptors (Lipinski definition) is 19. The van der Waals surface area contributed by atoms with Crippen molar-refractivity contribution in [2.75, 3.05) is 13.2 Å². The lowest BCUT2D eigenvalue weighted by molar-refractivity contribution is -0.277. The molecular formula is C54H52O19. The number of aromatic hydroxyl groups is 5. The quantitative estimate of drug-likeness (QED) is 0.0783. The minimum absolute atomic E-state index is 0.0269. The Balaban J connectivity index is 1.16. The van der Waals surface area contributed by atoms with Gasteiger partial charge in [-0.2, -0.15) is 0 Å². The van der Waals surface area contributed by atoms with E-state index in [2.05, 4.69) is 0 Å². The summed E-state index contributed by atoms with van der Waals surface area (Å²) in [7, 11) is 0. The van der Waals surface area contributed by atoms with Crippen LogP contribution in [-0.4, -0.2) is 141 Å². The van der Waals surface area contributed by atoms with Crippen LogP contribution >= 0.6 is 0 Å². The van der Waals surface area contributed by atoms with E-state index < -0.39 is 98.7 Å². The highest BCUT2D eigenvalue weighted by Gasteiger charge is 2.49. The Labute approximate surface area is 416 Å². The van der Waals surface area contributed by atoms with Gasteiger partial charge in [0.2, 0.25) is 12.6 Å². The van der Waals surface area contributed by atoms with Crippen molar-refractivity contribution in [2.24, 2.45) is 0 Å². The van der Waals surface area contributed by atoms with E-state index >= 15 is 0 Å². The number of ether oxygens (including phenoxy) is 6. The maximum Gasteiger partial charge on any atom is 0.229 e. The molecule has 2 saturated heterocycles. The van der Waals surface area contributed by atoms with Crippen LogP contribution in [0.25, 0.3) is 12.2 Å². The lowest BCUT2D eigenvalue weighted by Gasteiger charge is -2.39. The average molecular weight is 1000 g/mol. The molecule has 6 aromatic rings. The Hall–Kier alpha value is -7.14. The largest absolute Gasteiger partial charge is 0.508 e. The number of fused-ring (bicyclic) bond motifs is 2. The van der Waals surface area contributed by atoms with Gasteiger partial charge in [0.25, 0.3) is 0 Å². The van der Waals surface area contributed by atoms with Crippen molar-refractivity contribution in [1.82, 2.24) is 0 Å². The van der Waals surface area contributed by atoms with Crippen molar-refractivity contribution in [3.05, 3.63) is 160 Å². The van der Waals surface area contributed by atoms with Crippen LogP contribution in [-0.2, 0) is 9.47 Å². The van der Waals surface area contributed by atoms with Gasteiger partial charge >= 0.3 is 0 Å². The molecule has 0 spiro atoms. The maximum atomic E-state index is 11.7. The Kier molecular flexibility index (Phi) is 13.6. The van der Waals surface area contributed by atoms with Crippen LogP contribution in [0.3, 0.4) is 0 Å². The van der Waals surface area contributed by atoms with Crippen molar-refractivity contribution < 1.29 is 94.8 Å². The van der Waals surface area contributed by atoms with E-state index in [9.17, 15) is 66.4 Å². The summed E-state index contributed by atoms with van der Waals surface area (Å²) in [5, 5.41) is 138. The van der Waals surface area contributed by atoms with Gasteiger partial charge in [0, 0.05) is 29.3 Å². The molecule has 382 valence electrons. The molecule has 4 heterocycles. The van der Waals surface area contributed by atoms with Crippen molar-refractivity contribution >= 4 is 12.2 Å². The second-order valence-electron chi connectivity index (χ2n) is 18.4. The van der Waals surface area contributed by atoms with Crippen molar-refractivity contribution in [3.8, 4) is 51.7 Å². The van der Waals surface area contributed by atoms with Crippen LogP contribution in [0.1, 0.15) is 68.6 Å². The molecule has 0 saturated carbocycles. The number of phenols is 5. The molecule has 0 amide bonds. The number of benzene rings is 6. The SMILES string of the molecule is OC[C@H]1O[C@@H](Oc2cc(O)cc([C@@H]3c4c(cc(O)cc4C4c5c(/C=C\c6ccc(O)cc6)cc(O[C@@H]6O[C@H](CO)[C@@H](O)[C@H](O)[C@H]6O)cc5O[C@@H]4c4ccc(O)cc4)O[C@H]3c3ccc(O)cc3)c2)[C@H](O)[C@@H](O)[C@@H]1O. The first kappa shape index (κ1) is 49.4. The Morgan fingerprint density at radius 3 is 1.44 bits per heavy atom. The molecule has 4 aliphatic rings. The highest BCUT2D eigenvalue weighted by atomic mass is 16.7. The summed E-state index contributed by atoms with van der Waals surface area (Å²) in [5.74, 6) is -1.80. The number of hydrogen-bond donors (Lipinski definition) is 13. The fourth-order valence-corrected chi connectivity index (χ4v) is 10.0. The molecule has 0 bridgehead atoms. The van der Waals surface area contributed by atoms with Crippen molar-refractivity contribution in [1.29, 1.82) is 0 Å². The van der Waals surface area contributed by atoms with Crippen LogP contribution in [0, 0.1) is 0 Å². The molecule has 4 aliphatic heterocycles. The van der Waals surface area contributed by atoms with Crippen LogP contribution in [0.4, 0.5) is 0 Å². The average Bonchev–Trinajstić information content (AvgIpc) is 3.96. The van der Waals surface area contributed by atoms with E-state index in [0.29, 0.717) is 44.5 Å². The van der Waals surface area contributed by atoms with Crippen molar-refractivity contribution in [3.63, 3.8) is 0 Å². The summed E-state index contributed by atoms with van der Waals surface area (Å²) >= 11 is 0. The zero-order valence-electron chi connectivity index (χ0n) is 38.4. The first-order valence-electron chi connectivity index (χ1n) is 23.3. The van der Waals surface area contributed by atoms with Gasteiger partial charge in [-0.15, -0.1) is 0 Å². The molecule has 1 unspecified atom stereocenters. The molecular weight excluding hydrogens is 953 g/mol. The van der Waals surface area contributed by atoms with Gasteiger partial charge in [-0.25, -0.2) is 0 Å². The predicted octanol–water partition coefficient (Wildman–Crippen LogP) is 3.27. The van der Waals surface area contributed by atoms with Crippen LogP contribution < -0.4 is 18.9 Å². The van der Waals surface area contributed by atoms with E-state index in [0.717, 1.165) is 0 Å². The highest BCUT2D eigenvalue weighted by Crippen LogP contribution is 2.60. The van der Waals surface area contributed by atoms with Gasteiger partial charge < -0.3 is 94.8 Å². The third-order valence-electron chi connectivity index (χ3n) is 13.6. The highest BCUT2D eigenvalue weighted by molar-refractivity contribution is 5.76. The van der Waals surface area contributed by atoms with Gasteiger partial charge in [-0.05, 0) is 94.0 Å². The van der Waals surface area contributed by atoms with E-state index in [-0.39, 0.29) is 51.7 Å². The van der Waals surface area contributed by atoms with Gasteiger partial charge in [0.05, 0.1) is 25.0 Å². The van der Waals surface area contributed by atoms with Gasteiger partial charge in [-0.3, -0.25) is 0 Å². The van der Waals surface area contributed by atoms with E-state index in [1.807, 2.05) is 0 Å². The monoisotopic (exact) mass is 1000 g/mol. The second kappa shape index (κ2) is 20.0. The third-order valence-corrected chi connectivity index (χ3v) is 13.6. The molecule has 10 rings (SSSR count). The van der Waals surface area contributed by atoms with Crippen LogP contribution in [0.15, 0.2) is 115 Å². The lowest BCUT2D eigenvalue weighted by Crippen LogP contribution is -2.60. The summed E-state index contributed by atoms with van der Waals surface area (Å²) in [6.45, 7) is -1.41. The normalized spacial score (nSPS) is 29.5. The number of phenolic OH excluding ortho intramolecular Hbond substituents is 5. The first-order chi connectivity index (χ1) is 35.1. The van der Waals surface area contributed by atoms with E-state index in [4.69, 9.17) is 28.4 Å². The van der Waals surface area contributed by atoms with Gasteiger partial charge in [0.1, 0.15) is 113 Å². The Morgan fingerprint density at radius 2 is 0.904 bits per heavy atom. The Bertz CT molecular complexity index is 2960. The molecule has 73 heavy (non-hydrogen) atoms. The van der Waals surface area contributed by atoms with E-state index in [1.165, 1.54) is 60.7 Å². The molecule has 13 N–H and O–H groups in total. The molecule has 19 nitrogen and oxygen atoms in total. The minimum atomic E-state index is -1.78. The summed E-state index contributed by atoms with van der Waals surface area (Å²) in [5.41, 5.74) is 4.14. The smallest absolute Gasteiger partial charge is 0.229 e. The Morgan fingerprint density at radius 1 is 0.425 bits per heavy atom. The predicted molar refractivity (Wildman–Crippen MR) is 255 cm³/mol. The fraction of sp³-hybridized carbons (Fsp3) is 0.296. The van der Waals surface area contributed by atoms with Gasteiger partial charge in [0.15, 0.2) is 0 Å². The number of aliphatic hydroxyl groups is 8. The van der Waals surface area contributed by atoms with Crippen molar-refractivity contribution in [2.45, 2.75) is 85.5 Å². The number of rotatable bonds is 12. The zero-order valence-corrected chi connectivity index (χ0v) is 38.4.